The molecule has 1 aliphatic heterocycles. The molecule has 0 amide bonds. The van der Waals surface area contributed by atoms with Crippen molar-refractivity contribution in [3.05, 3.63) is 11.1 Å². The first-order chi connectivity index (χ1) is 8.61. The molecule has 1 fully saturated rings. The molecule has 0 aromatic carbocycles. The quantitative estimate of drug-likeness (QED) is 0.908. The molecule has 1 aromatic rings. The Morgan fingerprint density at radius 3 is 2.50 bits per heavy atom. The fraction of sp³-hybridized carbons (Fsp3) is 0.769. The van der Waals surface area contributed by atoms with Gasteiger partial charge in [0.05, 0.1) is 0 Å². The van der Waals surface area contributed by atoms with Crippen molar-refractivity contribution in [2.45, 2.75) is 39.3 Å². The number of anilines is 1. The number of hydrogen-bond donors (Lipinski definition) is 1. The van der Waals surface area contributed by atoms with E-state index in [0.717, 1.165) is 31.3 Å². The molecule has 2 atom stereocenters. The third kappa shape index (κ3) is 3.02. The summed E-state index contributed by atoms with van der Waals surface area (Å²) < 4.78 is 0. The SMILES string of the molecule is CCC(C)N1CCN(c2ncc(C(C)N)s2)CC1. The Labute approximate surface area is 114 Å². The van der Waals surface area contributed by atoms with E-state index >= 15 is 0 Å². The first-order valence-electron chi connectivity index (χ1n) is 6.82. The predicted octanol–water partition coefficient (Wildman–Crippen LogP) is 2.08. The molecule has 2 N–H and O–H groups in total. The third-order valence-electron chi connectivity index (χ3n) is 3.76. The Kier molecular flexibility index (Phi) is 4.59. The van der Waals surface area contributed by atoms with Gasteiger partial charge in [0.1, 0.15) is 0 Å². The fourth-order valence-corrected chi connectivity index (χ4v) is 3.17. The lowest BCUT2D eigenvalue weighted by molar-refractivity contribution is 0.193. The summed E-state index contributed by atoms with van der Waals surface area (Å²) in [6, 6.07) is 0.792. The monoisotopic (exact) mass is 268 g/mol. The molecule has 2 heterocycles. The predicted molar refractivity (Wildman–Crippen MR) is 78.3 cm³/mol. The summed E-state index contributed by atoms with van der Waals surface area (Å²) in [5, 5.41) is 1.13. The molecular weight excluding hydrogens is 244 g/mol. The average molecular weight is 268 g/mol. The van der Waals surface area contributed by atoms with Gasteiger partial charge in [-0.15, -0.1) is 11.3 Å². The van der Waals surface area contributed by atoms with Crippen molar-refractivity contribution >= 4 is 16.5 Å². The second-order valence-electron chi connectivity index (χ2n) is 5.11. The highest BCUT2D eigenvalue weighted by molar-refractivity contribution is 7.15. The minimum absolute atomic E-state index is 0.0950. The van der Waals surface area contributed by atoms with E-state index < -0.39 is 0 Å². The van der Waals surface area contributed by atoms with E-state index in [1.807, 2.05) is 13.1 Å². The van der Waals surface area contributed by atoms with Crippen LogP contribution in [0.15, 0.2) is 6.20 Å². The minimum Gasteiger partial charge on any atom is -0.346 e. The van der Waals surface area contributed by atoms with Crippen molar-refractivity contribution in [2.75, 3.05) is 31.1 Å². The zero-order valence-corrected chi connectivity index (χ0v) is 12.4. The summed E-state index contributed by atoms with van der Waals surface area (Å²) in [6.45, 7) is 11.0. The van der Waals surface area contributed by atoms with Crippen LogP contribution < -0.4 is 10.6 Å². The molecule has 1 saturated heterocycles. The van der Waals surface area contributed by atoms with Gasteiger partial charge in [-0.1, -0.05) is 6.92 Å². The van der Waals surface area contributed by atoms with Crippen molar-refractivity contribution in [3.8, 4) is 0 Å². The van der Waals surface area contributed by atoms with Gasteiger partial charge < -0.3 is 10.6 Å². The molecule has 1 aromatic heterocycles. The Bertz CT molecular complexity index is 369. The topological polar surface area (TPSA) is 45.4 Å². The van der Waals surface area contributed by atoms with E-state index in [1.165, 1.54) is 11.3 Å². The van der Waals surface area contributed by atoms with Crippen LogP contribution in [-0.2, 0) is 0 Å². The molecule has 1 aliphatic rings. The second kappa shape index (κ2) is 5.99. The Morgan fingerprint density at radius 1 is 1.33 bits per heavy atom. The van der Waals surface area contributed by atoms with Crippen LogP contribution in [0.4, 0.5) is 5.13 Å². The first-order valence-corrected chi connectivity index (χ1v) is 7.63. The summed E-state index contributed by atoms with van der Waals surface area (Å²) in [6.07, 6.45) is 3.15. The van der Waals surface area contributed by atoms with Gasteiger partial charge in [0.25, 0.3) is 0 Å². The molecular formula is C13H24N4S. The van der Waals surface area contributed by atoms with E-state index in [1.54, 1.807) is 11.3 Å². The van der Waals surface area contributed by atoms with Crippen LogP contribution in [0.1, 0.15) is 38.1 Å². The van der Waals surface area contributed by atoms with E-state index in [9.17, 15) is 0 Å². The normalized spacial score (nSPS) is 21.0. The number of nitrogens with two attached hydrogens (primary N) is 1. The van der Waals surface area contributed by atoms with Crippen molar-refractivity contribution in [3.63, 3.8) is 0 Å². The molecule has 5 heteroatoms. The maximum Gasteiger partial charge on any atom is 0.185 e. The maximum absolute atomic E-state index is 5.88. The van der Waals surface area contributed by atoms with Gasteiger partial charge in [-0.3, -0.25) is 4.90 Å². The summed E-state index contributed by atoms with van der Waals surface area (Å²) in [4.78, 5) is 10.6. The molecule has 0 saturated carbocycles. The van der Waals surface area contributed by atoms with E-state index in [0.29, 0.717) is 6.04 Å². The van der Waals surface area contributed by atoms with Gasteiger partial charge in [0.2, 0.25) is 0 Å². The highest BCUT2D eigenvalue weighted by Crippen LogP contribution is 2.27. The zero-order valence-electron chi connectivity index (χ0n) is 11.6. The lowest BCUT2D eigenvalue weighted by atomic mass is 10.2. The number of aromatic nitrogens is 1. The van der Waals surface area contributed by atoms with E-state index in [-0.39, 0.29) is 6.04 Å². The third-order valence-corrected chi connectivity index (χ3v) is 5.02. The molecule has 4 nitrogen and oxygen atoms in total. The highest BCUT2D eigenvalue weighted by Gasteiger charge is 2.22. The van der Waals surface area contributed by atoms with Crippen LogP contribution in [-0.4, -0.2) is 42.1 Å². The molecule has 18 heavy (non-hydrogen) atoms. The van der Waals surface area contributed by atoms with Gasteiger partial charge in [0, 0.05) is 49.3 Å². The Hall–Kier alpha value is -0.650. The van der Waals surface area contributed by atoms with Crippen molar-refractivity contribution in [1.29, 1.82) is 0 Å². The molecule has 0 radical (unpaired) electrons. The van der Waals surface area contributed by atoms with E-state index in [4.69, 9.17) is 5.73 Å². The second-order valence-corrected chi connectivity index (χ2v) is 6.15. The summed E-state index contributed by atoms with van der Waals surface area (Å²) >= 11 is 1.73. The summed E-state index contributed by atoms with van der Waals surface area (Å²) in [5.41, 5.74) is 5.88. The van der Waals surface area contributed by atoms with Crippen LogP contribution >= 0.6 is 11.3 Å². The van der Waals surface area contributed by atoms with Crippen molar-refractivity contribution < 1.29 is 0 Å². The molecule has 102 valence electrons. The van der Waals surface area contributed by atoms with Gasteiger partial charge >= 0.3 is 0 Å². The number of hydrogen-bond acceptors (Lipinski definition) is 5. The van der Waals surface area contributed by atoms with Crippen LogP contribution in [0.5, 0.6) is 0 Å². The smallest absolute Gasteiger partial charge is 0.185 e. The number of thiazole rings is 1. The standard InChI is InChI=1S/C13H24N4S/c1-4-10(2)16-5-7-17(8-6-16)13-15-9-12(18-13)11(3)14/h9-11H,4-8,14H2,1-3H3. The van der Waals surface area contributed by atoms with Gasteiger partial charge in [0.15, 0.2) is 5.13 Å². The summed E-state index contributed by atoms with van der Waals surface area (Å²) in [7, 11) is 0. The highest BCUT2D eigenvalue weighted by atomic mass is 32.1. The number of rotatable bonds is 4. The minimum atomic E-state index is 0.0950. The van der Waals surface area contributed by atoms with Crippen molar-refractivity contribution in [2.24, 2.45) is 5.73 Å². The Balaban J connectivity index is 1.92. The lowest BCUT2D eigenvalue weighted by Gasteiger charge is -2.37. The lowest BCUT2D eigenvalue weighted by Crippen LogP contribution is -2.49. The molecule has 2 unspecified atom stereocenters. The van der Waals surface area contributed by atoms with E-state index in [2.05, 4.69) is 28.6 Å². The molecule has 2 rings (SSSR count). The molecule has 0 bridgehead atoms. The zero-order chi connectivity index (χ0) is 13.1. The number of piperazine rings is 1. The van der Waals surface area contributed by atoms with Crippen LogP contribution in [0, 0.1) is 0 Å². The molecule has 0 spiro atoms. The van der Waals surface area contributed by atoms with Gasteiger partial charge in [-0.05, 0) is 20.3 Å². The molecule has 0 aliphatic carbocycles. The maximum atomic E-state index is 5.88. The number of nitrogens with zero attached hydrogens (tertiary/aromatic N) is 3. The van der Waals surface area contributed by atoms with Gasteiger partial charge in [-0.2, -0.15) is 0 Å². The Morgan fingerprint density at radius 2 is 2.00 bits per heavy atom. The average Bonchev–Trinajstić information content (AvgIpc) is 2.88. The fourth-order valence-electron chi connectivity index (χ4n) is 2.25. The van der Waals surface area contributed by atoms with Gasteiger partial charge in [-0.25, -0.2) is 4.98 Å². The van der Waals surface area contributed by atoms with Crippen molar-refractivity contribution in [1.82, 2.24) is 9.88 Å². The van der Waals surface area contributed by atoms with Crippen LogP contribution in [0.3, 0.4) is 0 Å². The summed E-state index contributed by atoms with van der Waals surface area (Å²) in [5.74, 6) is 0. The van der Waals surface area contributed by atoms with Crippen LogP contribution in [0.25, 0.3) is 0 Å². The largest absolute Gasteiger partial charge is 0.346 e. The first kappa shape index (κ1) is 13.8. The van der Waals surface area contributed by atoms with Crippen LogP contribution in [0.2, 0.25) is 0 Å².